The topological polar surface area (TPSA) is 67.3 Å². The van der Waals surface area contributed by atoms with Crippen LogP contribution in [0, 0.1) is 0 Å². The lowest BCUT2D eigenvalue weighted by molar-refractivity contribution is 0.181. The first-order chi connectivity index (χ1) is 12.5. The molecule has 0 saturated carbocycles. The van der Waals surface area contributed by atoms with Crippen molar-refractivity contribution in [2.75, 3.05) is 43.1 Å². The van der Waals surface area contributed by atoms with Gasteiger partial charge in [-0.2, -0.15) is 0 Å². The van der Waals surface area contributed by atoms with E-state index in [2.05, 4.69) is 45.5 Å². The monoisotopic (exact) mass is 356 g/mol. The molecule has 26 heavy (non-hydrogen) atoms. The van der Waals surface area contributed by atoms with Gasteiger partial charge in [-0.1, -0.05) is 20.8 Å². The van der Waals surface area contributed by atoms with Gasteiger partial charge in [0.15, 0.2) is 0 Å². The SMILES string of the molecule is COCc1cc(N2CCCN(c3ncccn3)CC2)nc(C(C)(C)C)n1. The van der Waals surface area contributed by atoms with E-state index >= 15 is 0 Å². The lowest BCUT2D eigenvalue weighted by atomic mass is 9.95. The third-order valence-corrected chi connectivity index (χ3v) is 4.38. The Morgan fingerprint density at radius 3 is 2.38 bits per heavy atom. The van der Waals surface area contributed by atoms with Gasteiger partial charge in [-0.15, -0.1) is 0 Å². The summed E-state index contributed by atoms with van der Waals surface area (Å²) in [6, 6.07) is 3.90. The predicted molar refractivity (Wildman–Crippen MR) is 103 cm³/mol. The molecule has 1 aliphatic rings. The van der Waals surface area contributed by atoms with E-state index in [1.54, 1.807) is 19.5 Å². The van der Waals surface area contributed by atoms with Gasteiger partial charge < -0.3 is 14.5 Å². The van der Waals surface area contributed by atoms with Crippen molar-refractivity contribution in [2.24, 2.45) is 0 Å². The van der Waals surface area contributed by atoms with Crippen LogP contribution < -0.4 is 9.80 Å². The summed E-state index contributed by atoms with van der Waals surface area (Å²) < 4.78 is 5.30. The second-order valence-electron chi connectivity index (χ2n) is 7.60. The van der Waals surface area contributed by atoms with Gasteiger partial charge in [0.25, 0.3) is 0 Å². The highest BCUT2D eigenvalue weighted by Crippen LogP contribution is 2.23. The highest BCUT2D eigenvalue weighted by atomic mass is 16.5. The number of anilines is 2. The number of methoxy groups -OCH3 is 1. The summed E-state index contributed by atoms with van der Waals surface area (Å²) in [6.07, 6.45) is 4.62. The molecule has 0 amide bonds. The first-order valence-corrected chi connectivity index (χ1v) is 9.11. The standard InChI is InChI=1S/C19H28N6O/c1-19(2,3)17-22-15(14-26-4)13-16(23-17)24-9-6-10-25(12-11-24)18-20-7-5-8-21-18/h5,7-8,13H,6,9-12,14H2,1-4H3. The summed E-state index contributed by atoms with van der Waals surface area (Å²) in [6.45, 7) is 10.6. The molecule has 0 spiro atoms. The van der Waals surface area contributed by atoms with Crippen LogP contribution in [0.4, 0.5) is 11.8 Å². The Bertz CT molecular complexity index is 716. The highest BCUT2D eigenvalue weighted by Gasteiger charge is 2.23. The molecule has 2 aromatic rings. The molecule has 7 nitrogen and oxygen atoms in total. The molecule has 0 aliphatic carbocycles. The van der Waals surface area contributed by atoms with Gasteiger partial charge in [-0.05, 0) is 12.5 Å². The zero-order valence-corrected chi connectivity index (χ0v) is 16.1. The molecule has 0 radical (unpaired) electrons. The van der Waals surface area contributed by atoms with Crippen molar-refractivity contribution < 1.29 is 4.74 Å². The summed E-state index contributed by atoms with van der Waals surface area (Å²) in [4.78, 5) is 22.9. The minimum Gasteiger partial charge on any atom is -0.378 e. The van der Waals surface area contributed by atoms with Crippen molar-refractivity contribution >= 4 is 11.8 Å². The van der Waals surface area contributed by atoms with Crippen molar-refractivity contribution in [2.45, 2.75) is 39.2 Å². The van der Waals surface area contributed by atoms with E-state index in [4.69, 9.17) is 9.72 Å². The summed E-state index contributed by atoms with van der Waals surface area (Å²) in [5.41, 5.74) is 0.823. The maximum absolute atomic E-state index is 5.30. The lowest BCUT2D eigenvalue weighted by Gasteiger charge is -2.25. The number of aromatic nitrogens is 4. The first kappa shape index (κ1) is 18.5. The van der Waals surface area contributed by atoms with E-state index in [9.17, 15) is 0 Å². The van der Waals surface area contributed by atoms with E-state index < -0.39 is 0 Å². The van der Waals surface area contributed by atoms with E-state index in [0.717, 1.165) is 55.9 Å². The summed E-state index contributed by atoms with van der Waals surface area (Å²) in [7, 11) is 1.70. The van der Waals surface area contributed by atoms with E-state index in [0.29, 0.717) is 6.61 Å². The van der Waals surface area contributed by atoms with Gasteiger partial charge in [0.2, 0.25) is 5.95 Å². The molecule has 0 atom stereocenters. The number of hydrogen-bond acceptors (Lipinski definition) is 7. The lowest BCUT2D eigenvalue weighted by Crippen LogP contribution is -2.32. The van der Waals surface area contributed by atoms with Crippen molar-refractivity contribution in [1.29, 1.82) is 0 Å². The molecular weight excluding hydrogens is 328 g/mol. The Hall–Kier alpha value is -2.28. The van der Waals surface area contributed by atoms with E-state index in [1.807, 2.05) is 12.1 Å². The number of ether oxygens (including phenoxy) is 1. The average molecular weight is 356 g/mol. The Labute approximate surface area is 155 Å². The number of nitrogens with zero attached hydrogens (tertiary/aromatic N) is 6. The fourth-order valence-electron chi connectivity index (χ4n) is 3.00. The maximum Gasteiger partial charge on any atom is 0.225 e. The smallest absolute Gasteiger partial charge is 0.225 e. The molecule has 3 rings (SSSR count). The van der Waals surface area contributed by atoms with Crippen LogP contribution in [0.5, 0.6) is 0 Å². The molecular formula is C19H28N6O. The van der Waals surface area contributed by atoms with Crippen LogP contribution >= 0.6 is 0 Å². The van der Waals surface area contributed by atoms with Gasteiger partial charge >= 0.3 is 0 Å². The van der Waals surface area contributed by atoms with Gasteiger partial charge in [-0.25, -0.2) is 19.9 Å². The van der Waals surface area contributed by atoms with Crippen LogP contribution in [0.2, 0.25) is 0 Å². The van der Waals surface area contributed by atoms with E-state index in [-0.39, 0.29) is 5.41 Å². The average Bonchev–Trinajstić information content (AvgIpc) is 2.88. The molecule has 3 heterocycles. The third-order valence-electron chi connectivity index (χ3n) is 4.38. The van der Waals surface area contributed by atoms with Crippen LogP contribution in [-0.4, -0.2) is 53.2 Å². The Morgan fingerprint density at radius 2 is 1.69 bits per heavy atom. The normalized spacial score (nSPS) is 15.8. The zero-order chi connectivity index (χ0) is 18.6. The van der Waals surface area contributed by atoms with Crippen LogP contribution in [-0.2, 0) is 16.8 Å². The molecule has 1 saturated heterocycles. The quantitative estimate of drug-likeness (QED) is 0.833. The molecule has 1 aliphatic heterocycles. The molecule has 0 bridgehead atoms. The maximum atomic E-state index is 5.30. The summed E-state index contributed by atoms with van der Waals surface area (Å²) in [5, 5.41) is 0. The van der Waals surface area contributed by atoms with Gasteiger partial charge in [-0.3, -0.25) is 0 Å². The van der Waals surface area contributed by atoms with Crippen molar-refractivity contribution in [3.63, 3.8) is 0 Å². The van der Waals surface area contributed by atoms with Crippen molar-refractivity contribution in [3.8, 4) is 0 Å². The van der Waals surface area contributed by atoms with Crippen molar-refractivity contribution in [3.05, 3.63) is 36.0 Å². The molecule has 0 unspecified atom stereocenters. The minimum atomic E-state index is -0.103. The van der Waals surface area contributed by atoms with Crippen LogP contribution in [0.25, 0.3) is 0 Å². The van der Waals surface area contributed by atoms with Crippen LogP contribution in [0.3, 0.4) is 0 Å². The minimum absolute atomic E-state index is 0.103. The molecule has 7 heteroatoms. The van der Waals surface area contributed by atoms with Crippen LogP contribution in [0.1, 0.15) is 38.7 Å². The Balaban J connectivity index is 1.81. The first-order valence-electron chi connectivity index (χ1n) is 9.11. The largest absolute Gasteiger partial charge is 0.378 e. The summed E-state index contributed by atoms with van der Waals surface area (Å²) in [5.74, 6) is 2.63. The Morgan fingerprint density at radius 1 is 1.00 bits per heavy atom. The van der Waals surface area contributed by atoms with Gasteiger partial charge in [0.05, 0.1) is 12.3 Å². The fourth-order valence-corrected chi connectivity index (χ4v) is 3.00. The van der Waals surface area contributed by atoms with E-state index in [1.165, 1.54) is 0 Å². The number of hydrogen-bond donors (Lipinski definition) is 0. The fraction of sp³-hybridized carbons (Fsp3) is 0.579. The Kier molecular flexibility index (Phi) is 5.66. The predicted octanol–water partition coefficient (Wildman–Crippen LogP) is 2.43. The third kappa shape index (κ3) is 4.46. The second-order valence-corrected chi connectivity index (χ2v) is 7.60. The van der Waals surface area contributed by atoms with Gasteiger partial charge in [0.1, 0.15) is 11.6 Å². The van der Waals surface area contributed by atoms with Crippen LogP contribution in [0.15, 0.2) is 24.5 Å². The molecule has 2 aromatic heterocycles. The van der Waals surface area contributed by atoms with Crippen molar-refractivity contribution in [1.82, 2.24) is 19.9 Å². The molecule has 140 valence electrons. The molecule has 1 fully saturated rings. The van der Waals surface area contributed by atoms with Gasteiger partial charge in [0, 0.05) is 57.2 Å². The molecule has 0 N–H and O–H groups in total. The zero-order valence-electron chi connectivity index (χ0n) is 16.1. The second kappa shape index (κ2) is 7.95. The number of rotatable bonds is 4. The highest BCUT2D eigenvalue weighted by molar-refractivity contribution is 5.42. The molecule has 0 aromatic carbocycles. The summed E-state index contributed by atoms with van der Waals surface area (Å²) >= 11 is 0.